The molecule has 6 nitrogen and oxygen atoms in total. The molecule has 0 radical (unpaired) electrons. The Balaban J connectivity index is 2.59. The van der Waals surface area contributed by atoms with E-state index >= 15 is 0 Å². The third-order valence-corrected chi connectivity index (χ3v) is 2.61. The molecular formula is C11H16N6. The number of nitrogens with zero attached hydrogens (tertiary/aromatic N) is 5. The summed E-state index contributed by atoms with van der Waals surface area (Å²) in [7, 11) is 1.84. The van der Waals surface area contributed by atoms with E-state index in [-0.39, 0.29) is 0 Å². The number of nitrogens with one attached hydrogen (secondary N) is 1. The van der Waals surface area contributed by atoms with Crippen LogP contribution in [0.3, 0.4) is 0 Å². The van der Waals surface area contributed by atoms with E-state index in [4.69, 9.17) is 0 Å². The molecule has 90 valence electrons. The first-order chi connectivity index (χ1) is 8.13. The van der Waals surface area contributed by atoms with Crippen molar-refractivity contribution in [3.8, 4) is 11.4 Å². The highest BCUT2D eigenvalue weighted by Gasteiger charge is 2.14. The Kier molecular flexibility index (Phi) is 3.03. The summed E-state index contributed by atoms with van der Waals surface area (Å²) in [6.07, 6.45) is 1.69. The normalized spacial score (nSPS) is 10.6. The molecule has 17 heavy (non-hydrogen) atoms. The molecule has 0 amide bonds. The quantitative estimate of drug-likeness (QED) is 0.864. The van der Waals surface area contributed by atoms with Gasteiger partial charge in [-0.1, -0.05) is 5.21 Å². The van der Waals surface area contributed by atoms with Gasteiger partial charge in [-0.2, -0.15) is 0 Å². The van der Waals surface area contributed by atoms with Crippen LogP contribution in [0.25, 0.3) is 11.4 Å². The molecule has 0 bridgehead atoms. The molecule has 6 heteroatoms. The van der Waals surface area contributed by atoms with Gasteiger partial charge in [0, 0.05) is 13.6 Å². The molecule has 2 heterocycles. The van der Waals surface area contributed by atoms with E-state index in [2.05, 4.69) is 25.6 Å². The first-order valence-corrected chi connectivity index (χ1v) is 5.57. The number of aryl methyl sites for hydroxylation is 3. The summed E-state index contributed by atoms with van der Waals surface area (Å²) in [6.45, 7) is 6.73. The van der Waals surface area contributed by atoms with Crippen LogP contribution in [0.1, 0.15) is 18.3 Å². The smallest absolute Gasteiger partial charge is 0.154 e. The minimum atomic E-state index is 0.779. The maximum absolute atomic E-state index is 4.57. The van der Waals surface area contributed by atoms with Crippen molar-refractivity contribution in [2.45, 2.75) is 20.8 Å². The summed E-state index contributed by atoms with van der Waals surface area (Å²) < 4.78 is 1.69. The second-order valence-corrected chi connectivity index (χ2v) is 3.86. The Hall–Kier alpha value is -1.98. The van der Waals surface area contributed by atoms with Gasteiger partial charge in [-0.25, -0.2) is 14.6 Å². The highest BCUT2D eigenvalue weighted by atomic mass is 15.4. The topological polar surface area (TPSA) is 68.5 Å². The summed E-state index contributed by atoms with van der Waals surface area (Å²) in [6, 6.07) is 0. The molecule has 0 atom stereocenters. The van der Waals surface area contributed by atoms with Gasteiger partial charge in [-0.05, 0) is 20.8 Å². The zero-order valence-corrected chi connectivity index (χ0v) is 10.5. The average molecular weight is 232 g/mol. The van der Waals surface area contributed by atoms with Crippen LogP contribution in [0.2, 0.25) is 0 Å². The van der Waals surface area contributed by atoms with Crippen molar-refractivity contribution in [2.75, 3.05) is 11.9 Å². The minimum absolute atomic E-state index is 0.779. The maximum atomic E-state index is 4.57. The first kappa shape index (κ1) is 11.5. The Morgan fingerprint density at radius 1 is 1.24 bits per heavy atom. The highest BCUT2D eigenvalue weighted by Crippen LogP contribution is 2.23. The lowest BCUT2D eigenvalue weighted by Gasteiger charge is -2.11. The van der Waals surface area contributed by atoms with Gasteiger partial charge in [0.15, 0.2) is 5.82 Å². The lowest BCUT2D eigenvalue weighted by atomic mass is 10.2. The van der Waals surface area contributed by atoms with E-state index in [0.717, 1.165) is 35.1 Å². The summed E-state index contributed by atoms with van der Waals surface area (Å²) in [5.74, 6) is 0.779. The Morgan fingerprint density at radius 2 is 1.94 bits per heavy atom. The lowest BCUT2D eigenvalue weighted by molar-refractivity contribution is 0.718. The molecule has 0 spiro atoms. The van der Waals surface area contributed by atoms with Gasteiger partial charge in [-0.15, -0.1) is 5.10 Å². The molecule has 0 unspecified atom stereocenters. The summed E-state index contributed by atoms with van der Waals surface area (Å²) in [5.41, 5.74) is 3.50. The molecule has 0 aromatic carbocycles. The van der Waals surface area contributed by atoms with Gasteiger partial charge in [-0.3, -0.25) is 0 Å². The van der Waals surface area contributed by atoms with E-state index in [9.17, 15) is 0 Å². The second-order valence-electron chi connectivity index (χ2n) is 3.86. The largest absolute Gasteiger partial charge is 0.368 e. The van der Waals surface area contributed by atoms with E-state index in [1.807, 2.05) is 27.8 Å². The van der Waals surface area contributed by atoms with Crippen LogP contribution in [-0.4, -0.2) is 31.5 Å². The molecule has 0 aliphatic carbocycles. The molecule has 0 saturated carbocycles. The van der Waals surface area contributed by atoms with Crippen LogP contribution >= 0.6 is 0 Å². The predicted octanol–water partition coefficient (Wildman–Crippen LogP) is 1.32. The zero-order chi connectivity index (χ0) is 12.4. The van der Waals surface area contributed by atoms with E-state index in [1.165, 1.54) is 0 Å². The summed E-state index contributed by atoms with van der Waals surface area (Å²) in [4.78, 5) is 9.09. The van der Waals surface area contributed by atoms with Crippen molar-refractivity contribution in [1.29, 1.82) is 0 Å². The summed E-state index contributed by atoms with van der Waals surface area (Å²) >= 11 is 0. The van der Waals surface area contributed by atoms with Crippen LogP contribution in [0, 0.1) is 13.8 Å². The molecule has 0 saturated heterocycles. The van der Waals surface area contributed by atoms with E-state index in [1.54, 1.807) is 10.9 Å². The van der Waals surface area contributed by atoms with Gasteiger partial charge >= 0.3 is 0 Å². The third-order valence-electron chi connectivity index (χ3n) is 2.61. The fourth-order valence-electron chi connectivity index (χ4n) is 1.58. The predicted molar refractivity (Wildman–Crippen MR) is 65.7 cm³/mol. The van der Waals surface area contributed by atoms with Crippen molar-refractivity contribution >= 4 is 5.82 Å². The van der Waals surface area contributed by atoms with Crippen molar-refractivity contribution < 1.29 is 0 Å². The Morgan fingerprint density at radius 3 is 2.53 bits per heavy atom. The van der Waals surface area contributed by atoms with Crippen LogP contribution in [-0.2, 0) is 7.05 Å². The van der Waals surface area contributed by atoms with Crippen molar-refractivity contribution in [3.63, 3.8) is 0 Å². The van der Waals surface area contributed by atoms with E-state index < -0.39 is 0 Å². The SMILES string of the molecule is CCNc1nc(C)c(C)nc1-c1cnnn1C. The fraction of sp³-hybridized carbons (Fsp3) is 0.455. The number of hydrogen-bond acceptors (Lipinski definition) is 5. The standard InChI is InChI=1S/C11H16N6/c1-5-12-11-10(9-6-13-16-17(9)4)14-7(2)8(3)15-11/h6H,5H2,1-4H3,(H,12,15). The van der Waals surface area contributed by atoms with Crippen molar-refractivity contribution in [3.05, 3.63) is 17.6 Å². The molecule has 0 fully saturated rings. The van der Waals surface area contributed by atoms with Gasteiger partial charge < -0.3 is 5.32 Å². The van der Waals surface area contributed by atoms with Crippen LogP contribution in [0.5, 0.6) is 0 Å². The lowest BCUT2D eigenvalue weighted by Crippen LogP contribution is -2.08. The molecule has 1 N–H and O–H groups in total. The molecule has 2 aromatic heterocycles. The Bertz CT molecular complexity index is 531. The van der Waals surface area contributed by atoms with E-state index in [0.29, 0.717) is 0 Å². The average Bonchev–Trinajstić information content (AvgIpc) is 2.70. The van der Waals surface area contributed by atoms with Crippen molar-refractivity contribution in [2.24, 2.45) is 7.05 Å². The van der Waals surface area contributed by atoms with Crippen molar-refractivity contribution in [1.82, 2.24) is 25.0 Å². The molecule has 0 aliphatic rings. The number of aromatic nitrogens is 5. The molecular weight excluding hydrogens is 216 g/mol. The Labute approximate surface area is 100 Å². The minimum Gasteiger partial charge on any atom is -0.368 e. The van der Waals surface area contributed by atoms with Crippen LogP contribution < -0.4 is 5.32 Å². The van der Waals surface area contributed by atoms with Gasteiger partial charge in [0.1, 0.15) is 11.4 Å². The van der Waals surface area contributed by atoms with Crippen LogP contribution in [0.4, 0.5) is 5.82 Å². The van der Waals surface area contributed by atoms with Gasteiger partial charge in [0.05, 0.1) is 17.6 Å². The first-order valence-electron chi connectivity index (χ1n) is 5.57. The summed E-state index contributed by atoms with van der Waals surface area (Å²) in [5, 5.41) is 11.0. The second kappa shape index (κ2) is 4.48. The van der Waals surface area contributed by atoms with Gasteiger partial charge in [0.25, 0.3) is 0 Å². The number of hydrogen-bond donors (Lipinski definition) is 1. The molecule has 2 rings (SSSR count). The third kappa shape index (κ3) is 2.11. The highest BCUT2D eigenvalue weighted by molar-refractivity contribution is 5.68. The molecule has 2 aromatic rings. The number of anilines is 1. The van der Waals surface area contributed by atoms with Crippen LogP contribution in [0.15, 0.2) is 6.20 Å². The van der Waals surface area contributed by atoms with Gasteiger partial charge in [0.2, 0.25) is 0 Å². The monoisotopic (exact) mass is 232 g/mol. The number of rotatable bonds is 3. The molecule has 0 aliphatic heterocycles. The maximum Gasteiger partial charge on any atom is 0.154 e. The zero-order valence-electron chi connectivity index (χ0n) is 10.5. The fourth-order valence-corrected chi connectivity index (χ4v) is 1.58.